The minimum atomic E-state index is -0.462. The van der Waals surface area contributed by atoms with Gasteiger partial charge in [0.2, 0.25) is 5.75 Å². The molecular weight excluding hydrogens is 362 g/mol. The summed E-state index contributed by atoms with van der Waals surface area (Å²) in [5, 5.41) is 6.43. The average Bonchev–Trinajstić information content (AvgIpc) is 2.71. The third-order valence-electron chi connectivity index (χ3n) is 3.85. The Morgan fingerprint density at radius 3 is 2.25 bits per heavy atom. The van der Waals surface area contributed by atoms with Crippen LogP contribution in [0.4, 0.5) is 0 Å². The van der Waals surface area contributed by atoms with Gasteiger partial charge in [0, 0.05) is 11.1 Å². The Kier molecular flexibility index (Phi) is 7.38. The fourth-order valence-corrected chi connectivity index (χ4v) is 2.41. The molecule has 28 heavy (non-hydrogen) atoms. The lowest BCUT2D eigenvalue weighted by Crippen LogP contribution is -2.34. The van der Waals surface area contributed by atoms with E-state index in [4.69, 9.17) is 14.2 Å². The van der Waals surface area contributed by atoms with Gasteiger partial charge in [-0.25, -0.2) is 5.43 Å². The normalized spacial score (nSPS) is 10.4. The number of nitrogens with one attached hydrogen (secondary N) is 2. The molecule has 8 nitrogen and oxygen atoms in total. The molecule has 2 aromatic carbocycles. The van der Waals surface area contributed by atoms with Gasteiger partial charge < -0.3 is 19.5 Å². The number of carbonyl (C=O) groups is 2. The van der Waals surface area contributed by atoms with E-state index in [9.17, 15) is 9.59 Å². The molecule has 0 atom stereocenters. The lowest BCUT2D eigenvalue weighted by molar-refractivity contribution is -0.120. The van der Waals surface area contributed by atoms with Crippen molar-refractivity contribution in [3.8, 4) is 17.2 Å². The highest BCUT2D eigenvalue weighted by Gasteiger charge is 2.14. The summed E-state index contributed by atoms with van der Waals surface area (Å²) in [6, 6.07) is 10.5. The highest BCUT2D eigenvalue weighted by Crippen LogP contribution is 2.38. The Hall–Kier alpha value is -3.55. The van der Waals surface area contributed by atoms with Crippen molar-refractivity contribution < 1.29 is 23.8 Å². The predicted octanol–water partition coefficient (Wildman–Crippen LogP) is 1.90. The zero-order chi connectivity index (χ0) is 20.5. The van der Waals surface area contributed by atoms with E-state index in [1.54, 1.807) is 24.3 Å². The summed E-state index contributed by atoms with van der Waals surface area (Å²) < 4.78 is 15.8. The van der Waals surface area contributed by atoms with E-state index < -0.39 is 5.91 Å². The van der Waals surface area contributed by atoms with Crippen LogP contribution < -0.4 is 25.0 Å². The van der Waals surface area contributed by atoms with E-state index in [0.29, 0.717) is 28.4 Å². The van der Waals surface area contributed by atoms with Gasteiger partial charge in [0.25, 0.3) is 11.8 Å². The first-order valence-corrected chi connectivity index (χ1v) is 8.46. The van der Waals surface area contributed by atoms with Gasteiger partial charge in [-0.3, -0.25) is 9.59 Å². The molecule has 2 aromatic rings. The summed E-state index contributed by atoms with van der Waals surface area (Å²) in [5.41, 5.74) is 4.47. The molecule has 0 bridgehead atoms. The first-order chi connectivity index (χ1) is 13.5. The SMILES string of the molecule is COc1ccc(/C=N/NC(=O)CNC(=O)c2ccc(C)cc2)c(OC)c1OC. The van der Waals surface area contributed by atoms with E-state index in [1.807, 2.05) is 19.1 Å². The highest BCUT2D eigenvalue weighted by molar-refractivity contribution is 5.96. The second-order valence-corrected chi connectivity index (χ2v) is 5.77. The van der Waals surface area contributed by atoms with Crippen LogP contribution >= 0.6 is 0 Å². The number of aryl methyl sites for hydroxylation is 1. The fourth-order valence-electron chi connectivity index (χ4n) is 2.41. The molecule has 2 amide bonds. The standard InChI is InChI=1S/C20H23N3O5/c1-13-5-7-14(8-6-13)20(25)21-12-17(24)23-22-11-15-9-10-16(26-2)19(28-4)18(15)27-3/h5-11H,12H2,1-4H3,(H,21,25)(H,23,24)/b22-11+. The van der Waals surface area contributed by atoms with Gasteiger partial charge in [-0.15, -0.1) is 0 Å². The van der Waals surface area contributed by atoms with E-state index in [1.165, 1.54) is 27.5 Å². The van der Waals surface area contributed by atoms with Gasteiger partial charge in [0.1, 0.15) is 0 Å². The van der Waals surface area contributed by atoms with Crippen molar-refractivity contribution in [3.63, 3.8) is 0 Å². The van der Waals surface area contributed by atoms with Crippen LogP contribution in [-0.2, 0) is 4.79 Å². The quantitative estimate of drug-likeness (QED) is 0.534. The summed E-state index contributed by atoms with van der Waals surface area (Å²) in [5.74, 6) is 0.564. The largest absolute Gasteiger partial charge is 0.493 e. The second kappa shape index (κ2) is 9.96. The van der Waals surface area contributed by atoms with Crippen LogP contribution in [0.5, 0.6) is 17.2 Å². The molecule has 0 heterocycles. The van der Waals surface area contributed by atoms with Crippen molar-refractivity contribution in [2.75, 3.05) is 27.9 Å². The number of ether oxygens (including phenoxy) is 3. The van der Waals surface area contributed by atoms with Crippen molar-refractivity contribution in [1.29, 1.82) is 0 Å². The minimum Gasteiger partial charge on any atom is -0.493 e. The molecule has 0 aliphatic rings. The van der Waals surface area contributed by atoms with Crippen LogP contribution in [-0.4, -0.2) is 45.9 Å². The number of hydrazone groups is 1. The Bertz CT molecular complexity index is 863. The zero-order valence-electron chi connectivity index (χ0n) is 16.2. The monoisotopic (exact) mass is 385 g/mol. The highest BCUT2D eigenvalue weighted by atomic mass is 16.5. The lowest BCUT2D eigenvalue weighted by atomic mass is 10.1. The van der Waals surface area contributed by atoms with Gasteiger partial charge in [-0.1, -0.05) is 17.7 Å². The number of hydrogen-bond acceptors (Lipinski definition) is 6. The maximum atomic E-state index is 12.0. The number of rotatable bonds is 8. The molecule has 148 valence electrons. The summed E-state index contributed by atoms with van der Waals surface area (Å²) in [6.07, 6.45) is 1.42. The number of amides is 2. The minimum absolute atomic E-state index is 0.201. The number of benzene rings is 2. The van der Waals surface area contributed by atoms with Crippen molar-refractivity contribution in [1.82, 2.24) is 10.7 Å². The van der Waals surface area contributed by atoms with Gasteiger partial charge in [0.05, 0.1) is 34.1 Å². The fraction of sp³-hybridized carbons (Fsp3) is 0.250. The third kappa shape index (κ3) is 5.23. The first-order valence-electron chi connectivity index (χ1n) is 8.46. The van der Waals surface area contributed by atoms with Crippen LogP contribution in [0.3, 0.4) is 0 Å². The molecule has 0 aliphatic heterocycles. The molecule has 2 rings (SSSR count). The molecular formula is C20H23N3O5. The summed E-state index contributed by atoms with van der Waals surface area (Å²) in [6.45, 7) is 1.73. The van der Waals surface area contributed by atoms with Crippen LogP contribution in [0.25, 0.3) is 0 Å². The van der Waals surface area contributed by atoms with Crippen molar-refractivity contribution in [2.24, 2.45) is 5.10 Å². The van der Waals surface area contributed by atoms with E-state index in [0.717, 1.165) is 5.56 Å². The topological polar surface area (TPSA) is 98.2 Å². The molecule has 0 fully saturated rings. The average molecular weight is 385 g/mol. The van der Waals surface area contributed by atoms with Crippen molar-refractivity contribution in [2.45, 2.75) is 6.92 Å². The van der Waals surface area contributed by atoms with Crippen LogP contribution in [0.2, 0.25) is 0 Å². The van der Waals surface area contributed by atoms with Crippen LogP contribution in [0.1, 0.15) is 21.5 Å². The predicted molar refractivity (Wildman–Crippen MR) is 105 cm³/mol. The van der Waals surface area contributed by atoms with Crippen LogP contribution in [0.15, 0.2) is 41.5 Å². The van der Waals surface area contributed by atoms with Gasteiger partial charge in [-0.05, 0) is 31.2 Å². The molecule has 8 heteroatoms. The maximum Gasteiger partial charge on any atom is 0.259 e. The van der Waals surface area contributed by atoms with E-state index in [2.05, 4.69) is 15.8 Å². The summed E-state index contributed by atoms with van der Waals surface area (Å²) in [4.78, 5) is 23.9. The Balaban J connectivity index is 1.94. The zero-order valence-corrected chi connectivity index (χ0v) is 16.2. The first kappa shape index (κ1) is 20.8. The van der Waals surface area contributed by atoms with Crippen molar-refractivity contribution in [3.05, 3.63) is 53.1 Å². The Morgan fingerprint density at radius 2 is 1.64 bits per heavy atom. The molecule has 0 aromatic heterocycles. The van der Waals surface area contributed by atoms with Crippen LogP contribution in [0, 0.1) is 6.92 Å². The maximum absolute atomic E-state index is 12.0. The molecule has 0 unspecified atom stereocenters. The van der Waals surface area contributed by atoms with Gasteiger partial charge in [-0.2, -0.15) is 5.10 Å². The molecule has 0 spiro atoms. The summed E-state index contributed by atoms with van der Waals surface area (Å²) in [7, 11) is 4.52. The van der Waals surface area contributed by atoms with Gasteiger partial charge in [0.15, 0.2) is 11.5 Å². The molecule has 2 N–H and O–H groups in total. The second-order valence-electron chi connectivity index (χ2n) is 5.77. The number of hydrogen-bond donors (Lipinski definition) is 2. The number of methoxy groups -OCH3 is 3. The van der Waals surface area contributed by atoms with E-state index in [-0.39, 0.29) is 12.5 Å². The number of carbonyl (C=O) groups excluding carboxylic acids is 2. The summed E-state index contributed by atoms with van der Waals surface area (Å²) >= 11 is 0. The Labute approximate surface area is 163 Å². The van der Waals surface area contributed by atoms with Crippen molar-refractivity contribution >= 4 is 18.0 Å². The smallest absolute Gasteiger partial charge is 0.259 e. The van der Waals surface area contributed by atoms with E-state index >= 15 is 0 Å². The van der Waals surface area contributed by atoms with Gasteiger partial charge >= 0.3 is 0 Å². The molecule has 0 radical (unpaired) electrons. The molecule has 0 aliphatic carbocycles. The third-order valence-corrected chi connectivity index (χ3v) is 3.85. The molecule has 0 saturated heterocycles. The molecule has 0 saturated carbocycles. The number of nitrogens with zero attached hydrogens (tertiary/aromatic N) is 1. The lowest BCUT2D eigenvalue weighted by Gasteiger charge is -2.13. The Morgan fingerprint density at radius 1 is 0.964 bits per heavy atom.